The Labute approximate surface area is 97.8 Å². The van der Waals surface area contributed by atoms with Crippen molar-refractivity contribution in [3.8, 4) is 0 Å². The van der Waals surface area contributed by atoms with Crippen molar-refractivity contribution in [2.45, 2.75) is 12.5 Å². The largest absolute Gasteiger partial charge is 0.288 e. The SMILES string of the molecule is CNN1C2=C(C=C=CC=N2)C2CCPC[C@H]21. The van der Waals surface area contributed by atoms with E-state index < -0.39 is 0 Å². The summed E-state index contributed by atoms with van der Waals surface area (Å²) in [4.78, 5) is 4.53. The zero-order chi connectivity index (χ0) is 11.0. The maximum Gasteiger partial charge on any atom is 0.147 e. The van der Waals surface area contributed by atoms with E-state index in [9.17, 15) is 0 Å². The average Bonchev–Trinajstić information content (AvgIpc) is 2.49. The van der Waals surface area contributed by atoms with Gasteiger partial charge in [-0.05, 0) is 30.9 Å². The second-order valence-corrected chi connectivity index (χ2v) is 5.70. The first-order chi connectivity index (χ1) is 7.92. The molecule has 0 aromatic carbocycles. The van der Waals surface area contributed by atoms with E-state index in [1.54, 1.807) is 0 Å². The van der Waals surface area contributed by atoms with Gasteiger partial charge < -0.3 is 0 Å². The Morgan fingerprint density at radius 1 is 1.62 bits per heavy atom. The molecule has 16 heavy (non-hydrogen) atoms. The fourth-order valence-electron chi connectivity index (χ4n) is 2.81. The quantitative estimate of drug-likeness (QED) is 0.549. The molecule has 3 nitrogen and oxygen atoms in total. The molecule has 1 N–H and O–H groups in total. The van der Waals surface area contributed by atoms with E-state index in [2.05, 4.69) is 27.2 Å². The molecule has 3 atom stereocenters. The highest BCUT2D eigenvalue weighted by atomic mass is 31.1. The van der Waals surface area contributed by atoms with Gasteiger partial charge in [-0.2, -0.15) is 0 Å². The molecule has 3 rings (SSSR count). The molecular formula is C12H16N3P. The van der Waals surface area contributed by atoms with Crippen molar-refractivity contribution in [3.63, 3.8) is 0 Å². The van der Waals surface area contributed by atoms with E-state index in [0.29, 0.717) is 12.0 Å². The molecule has 0 aromatic heterocycles. The minimum absolute atomic E-state index is 0.607. The molecule has 3 aliphatic heterocycles. The van der Waals surface area contributed by atoms with Gasteiger partial charge in [-0.3, -0.25) is 5.01 Å². The smallest absolute Gasteiger partial charge is 0.147 e. The summed E-state index contributed by atoms with van der Waals surface area (Å²) in [5.74, 6) is 1.75. The van der Waals surface area contributed by atoms with Gasteiger partial charge >= 0.3 is 0 Å². The first-order valence-electron chi connectivity index (χ1n) is 5.78. The second kappa shape index (κ2) is 4.18. The topological polar surface area (TPSA) is 27.6 Å². The molecule has 0 spiro atoms. The van der Waals surface area contributed by atoms with Crippen LogP contribution in [0.15, 0.2) is 34.3 Å². The second-order valence-electron chi connectivity index (χ2n) is 4.30. The number of hydrazine groups is 1. The average molecular weight is 233 g/mol. The lowest BCUT2D eigenvalue weighted by Gasteiger charge is -2.33. The first-order valence-corrected chi connectivity index (χ1v) is 7.20. The molecule has 0 radical (unpaired) electrons. The summed E-state index contributed by atoms with van der Waals surface area (Å²) in [6, 6.07) is 0.607. The lowest BCUT2D eigenvalue weighted by molar-refractivity contribution is 0.194. The zero-order valence-electron chi connectivity index (χ0n) is 9.40. The van der Waals surface area contributed by atoms with Gasteiger partial charge in [0.1, 0.15) is 5.82 Å². The minimum Gasteiger partial charge on any atom is -0.288 e. The minimum atomic E-state index is 0.607. The van der Waals surface area contributed by atoms with Crippen LogP contribution in [-0.4, -0.2) is 36.6 Å². The molecule has 1 saturated heterocycles. The predicted octanol–water partition coefficient (Wildman–Crippen LogP) is 1.51. The number of rotatable bonds is 1. The Bertz CT molecular complexity index is 418. The summed E-state index contributed by atoms with van der Waals surface area (Å²) in [6.45, 7) is 0. The third-order valence-corrected chi connectivity index (χ3v) is 4.86. The van der Waals surface area contributed by atoms with E-state index in [-0.39, 0.29) is 0 Å². The highest BCUT2D eigenvalue weighted by Crippen LogP contribution is 2.43. The van der Waals surface area contributed by atoms with E-state index in [4.69, 9.17) is 0 Å². The summed E-state index contributed by atoms with van der Waals surface area (Å²) >= 11 is 0. The summed E-state index contributed by atoms with van der Waals surface area (Å²) in [7, 11) is 3.09. The van der Waals surface area contributed by atoms with E-state index >= 15 is 0 Å². The number of nitrogens with zero attached hydrogens (tertiary/aromatic N) is 2. The number of hydrogen-bond acceptors (Lipinski definition) is 3. The number of nitrogens with one attached hydrogen (secondary N) is 1. The van der Waals surface area contributed by atoms with Crippen molar-refractivity contribution in [2.75, 3.05) is 19.4 Å². The number of allylic oxidation sites excluding steroid dienone is 1. The van der Waals surface area contributed by atoms with Gasteiger partial charge in [0.25, 0.3) is 0 Å². The molecule has 4 heteroatoms. The van der Waals surface area contributed by atoms with Crippen molar-refractivity contribution in [3.05, 3.63) is 29.3 Å². The third-order valence-electron chi connectivity index (χ3n) is 3.51. The van der Waals surface area contributed by atoms with Crippen molar-refractivity contribution < 1.29 is 0 Å². The van der Waals surface area contributed by atoms with E-state index in [1.165, 1.54) is 24.3 Å². The normalized spacial score (nSPS) is 33.2. The van der Waals surface area contributed by atoms with Gasteiger partial charge in [0.05, 0.1) is 6.04 Å². The van der Waals surface area contributed by atoms with Gasteiger partial charge in [0.2, 0.25) is 0 Å². The lowest BCUT2D eigenvalue weighted by atomic mass is 9.92. The standard InChI is InChI=1S/C12H16N3P/c1-13-15-11-8-16-7-5-9(11)10-4-2-3-6-14-12(10)15/h3-4,6,9,11,13,16H,5,7-8H2,1H3/t9?,11-/m1/s1. The van der Waals surface area contributed by atoms with Crippen molar-refractivity contribution in [2.24, 2.45) is 10.9 Å². The molecule has 3 aliphatic rings. The highest BCUT2D eigenvalue weighted by molar-refractivity contribution is 7.38. The molecule has 0 bridgehead atoms. The molecule has 2 unspecified atom stereocenters. The summed E-state index contributed by atoms with van der Waals surface area (Å²) < 4.78 is 0. The van der Waals surface area contributed by atoms with Crippen LogP contribution < -0.4 is 5.43 Å². The van der Waals surface area contributed by atoms with Gasteiger partial charge in [0, 0.05) is 24.8 Å². The maximum absolute atomic E-state index is 4.53. The Hall–Kier alpha value is -0.880. The number of aliphatic imine (C=N–C) groups is 1. The molecule has 0 saturated carbocycles. The van der Waals surface area contributed by atoms with Crippen molar-refractivity contribution in [1.82, 2.24) is 10.4 Å². The van der Waals surface area contributed by atoms with Gasteiger partial charge in [-0.1, -0.05) is 0 Å². The summed E-state index contributed by atoms with van der Waals surface area (Å²) in [5.41, 5.74) is 7.85. The van der Waals surface area contributed by atoms with E-state index in [1.807, 2.05) is 19.3 Å². The Kier molecular flexibility index (Phi) is 2.69. The first kappa shape index (κ1) is 10.3. The van der Waals surface area contributed by atoms with Crippen LogP contribution in [0.5, 0.6) is 0 Å². The maximum atomic E-state index is 4.53. The van der Waals surface area contributed by atoms with E-state index in [0.717, 1.165) is 14.4 Å². The van der Waals surface area contributed by atoms with Crippen LogP contribution in [0.1, 0.15) is 6.42 Å². The van der Waals surface area contributed by atoms with Crippen LogP contribution in [0.4, 0.5) is 0 Å². The number of fused-ring (bicyclic) bond motifs is 2. The van der Waals surface area contributed by atoms with Gasteiger partial charge in [-0.25, -0.2) is 10.4 Å². The molecule has 84 valence electrons. The molecule has 0 amide bonds. The fraction of sp³-hybridized carbons (Fsp3) is 0.500. The molecule has 0 aliphatic carbocycles. The molecule has 3 heterocycles. The Morgan fingerprint density at radius 3 is 3.44 bits per heavy atom. The monoisotopic (exact) mass is 233 g/mol. The highest BCUT2D eigenvalue weighted by Gasteiger charge is 2.40. The Morgan fingerprint density at radius 2 is 2.56 bits per heavy atom. The molecular weight excluding hydrogens is 217 g/mol. The predicted molar refractivity (Wildman–Crippen MR) is 69.0 cm³/mol. The van der Waals surface area contributed by atoms with Crippen molar-refractivity contribution in [1.29, 1.82) is 0 Å². The molecule has 0 aromatic rings. The van der Waals surface area contributed by atoms with Crippen LogP contribution in [0.25, 0.3) is 0 Å². The van der Waals surface area contributed by atoms with Crippen LogP contribution in [0.3, 0.4) is 0 Å². The van der Waals surface area contributed by atoms with Crippen molar-refractivity contribution >= 4 is 14.8 Å². The van der Waals surface area contributed by atoms with Crippen LogP contribution >= 0.6 is 8.58 Å². The molecule has 1 fully saturated rings. The van der Waals surface area contributed by atoms with Gasteiger partial charge in [0.15, 0.2) is 0 Å². The number of hydrogen-bond donors (Lipinski definition) is 1. The lowest BCUT2D eigenvalue weighted by Crippen LogP contribution is -2.44. The summed E-state index contributed by atoms with van der Waals surface area (Å²) in [6.07, 6.45) is 9.80. The third kappa shape index (κ3) is 1.48. The van der Waals surface area contributed by atoms with Crippen LogP contribution in [0, 0.1) is 5.92 Å². The fourth-order valence-corrected chi connectivity index (χ4v) is 4.29. The summed E-state index contributed by atoms with van der Waals surface area (Å²) in [5, 5.41) is 2.25. The van der Waals surface area contributed by atoms with Crippen LogP contribution in [-0.2, 0) is 0 Å². The zero-order valence-corrected chi connectivity index (χ0v) is 10.4. The van der Waals surface area contributed by atoms with Gasteiger partial charge in [-0.15, -0.1) is 14.3 Å². The van der Waals surface area contributed by atoms with Crippen LogP contribution in [0.2, 0.25) is 0 Å². The Balaban J connectivity index is 2.03.